The van der Waals surface area contributed by atoms with Gasteiger partial charge in [-0.25, -0.2) is 0 Å². The maximum absolute atomic E-state index is 12.2. The van der Waals surface area contributed by atoms with Crippen molar-refractivity contribution in [1.29, 1.82) is 0 Å². The van der Waals surface area contributed by atoms with Crippen LogP contribution in [-0.2, 0) is 0 Å². The van der Waals surface area contributed by atoms with E-state index in [-0.39, 0.29) is 17.7 Å². The van der Waals surface area contributed by atoms with E-state index in [0.717, 1.165) is 18.4 Å². The molecule has 0 heterocycles. The number of ether oxygens (including phenoxy) is 1. The highest BCUT2D eigenvalue weighted by Crippen LogP contribution is 2.32. The zero-order chi connectivity index (χ0) is 11.7. The fourth-order valence-corrected chi connectivity index (χ4v) is 2.11. The highest BCUT2D eigenvalue weighted by Gasteiger charge is 2.33. The Balaban J connectivity index is 2.24. The molecule has 1 saturated carbocycles. The Labute approximate surface area is 95.6 Å². The molecule has 0 unspecified atom stereocenters. The average Bonchev–Trinajstić information content (AvgIpc) is 2.24. The van der Waals surface area contributed by atoms with Crippen LogP contribution in [0.25, 0.3) is 0 Å². The van der Waals surface area contributed by atoms with Crippen LogP contribution in [0.3, 0.4) is 0 Å². The van der Waals surface area contributed by atoms with E-state index in [0.29, 0.717) is 11.3 Å². The van der Waals surface area contributed by atoms with E-state index in [9.17, 15) is 4.79 Å². The zero-order valence-corrected chi connectivity index (χ0v) is 9.69. The van der Waals surface area contributed by atoms with E-state index in [1.807, 2.05) is 25.1 Å². The Bertz CT molecular complexity index is 408. The van der Waals surface area contributed by atoms with Crippen molar-refractivity contribution in [3.63, 3.8) is 0 Å². The van der Waals surface area contributed by atoms with Gasteiger partial charge in [0.2, 0.25) is 0 Å². The number of aryl methyl sites for hydroxylation is 1. The number of carbonyl (C=O) groups is 1. The summed E-state index contributed by atoms with van der Waals surface area (Å²) in [4.78, 5) is 12.2. The molecule has 1 aromatic rings. The van der Waals surface area contributed by atoms with Crippen molar-refractivity contribution in [2.24, 2.45) is 11.7 Å². The van der Waals surface area contributed by atoms with Gasteiger partial charge in [-0.05, 0) is 31.9 Å². The van der Waals surface area contributed by atoms with Gasteiger partial charge in [0.05, 0.1) is 12.7 Å². The first-order chi connectivity index (χ1) is 7.61. The second-order valence-corrected chi connectivity index (χ2v) is 4.50. The number of methoxy groups -OCH3 is 1. The summed E-state index contributed by atoms with van der Waals surface area (Å²) in [5, 5.41) is 0. The number of ketones is 1. The Kier molecular flexibility index (Phi) is 2.97. The second kappa shape index (κ2) is 4.26. The molecule has 1 aromatic carbocycles. The smallest absolute Gasteiger partial charge is 0.169 e. The summed E-state index contributed by atoms with van der Waals surface area (Å²) in [6.45, 7) is 1.97. The highest BCUT2D eigenvalue weighted by molar-refractivity contribution is 6.01. The Hall–Kier alpha value is -1.35. The Morgan fingerprint density at radius 3 is 2.69 bits per heavy atom. The van der Waals surface area contributed by atoms with E-state index in [1.54, 1.807) is 7.11 Å². The normalized spacial score (nSPS) is 23.7. The summed E-state index contributed by atoms with van der Waals surface area (Å²) < 4.78 is 5.21. The summed E-state index contributed by atoms with van der Waals surface area (Å²) in [6.07, 6.45) is 1.60. The zero-order valence-electron chi connectivity index (χ0n) is 9.69. The maximum atomic E-state index is 12.2. The summed E-state index contributed by atoms with van der Waals surface area (Å²) in [6, 6.07) is 5.89. The second-order valence-electron chi connectivity index (χ2n) is 4.50. The lowest BCUT2D eigenvalue weighted by Crippen LogP contribution is -2.40. The fraction of sp³-hybridized carbons (Fsp3) is 0.462. The molecular formula is C13H17NO2. The number of hydrogen-bond acceptors (Lipinski definition) is 3. The molecule has 1 aliphatic carbocycles. The molecule has 1 aliphatic rings. The van der Waals surface area contributed by atoms with Crippen molar-refractivity contribution in [2.75, 3.05) is 7.11 Å². The molecule has 3 nitrogen and oxygen atoms in total. The lowest BCUT2D eigenvalue weighted by molar-refractivity contribution is 0.0829. The molecule has 0 bridgehead atoms. The third-order valence-corrected chi connectivity index (χ3v) is 3.17. The van der Waals surface area contributed by atoms with Gasteiger partial charge in [0, 0.05) is 12.0 Å². The minimum Gasteiger partial charge on any atom is -0.496 e. The molecule has 16 heavy (non-hydrogen) atoms. The fourth-order valence-electron chi connectivity index (χ4n) is 2.11. The summed E-state index contributed by atoms with van der Waals surface area (Å²) in [7, 11) is 1.59. The molecule has 1 fully saturated rings. The van der Waals surface area contributed by atoms with Gasteiger partial charge >= 0.3 is 0 Å². The lowest BCUT2D eigenvalue weighted by atomic mass is 9.76. The quantitative estimate of drug-likeness (QED) is 0.790. The van der Waals surface area contributed by atoms with Crippen LogP contribution in [0.2, 0.25) is 0 Å². The summed E-state index contributed by atoms with van der Waals surface area (Å²) in [5.41, 5.74) is 7.47. The first-order valence-electron chi connectivity index (χ1n) is 5.56. The van der Waals surface area contributed by atoms with Crippen LogP contribution < -0.4 is 10.5 Å². The molecule has 2 N–H and O–H groups in total. The van der Waals surface area contributed by atoms with E-state index >= 15 is 0 Å². The first kappa shape index (κ1) is 11.1. The minimum atomic E-state index is 0.0886. The van der Waals surface area contributed by atoms with E-state index < -0.39 is 0 Å². The number of benzene rings is 1. The van der Waals surface area contributed by atoms with Crippen LogP contribution in [0.4, 0.5) is 0 Å². The van der Waals surface area contributed by atoms with Crippen molar-refractivity contribution >= 4 is 5.78 Å². The van der Waals surface area contributed by atoms with Crippen LogP contribution in [0.15, 0.2) is 18.2 Å². The van der Waals surface area contributed by atoms with Crippen LogP contribution in [0.5, 0.6) is 5.75 Å². The molecule has 86 valence electrons. The topological polar surface area (TPSA) is 52.3 Å². The van der Waals surface area contributed by atoms with Gasteiger partial charge in [-0.1, -0.05) is 11.6 Å². The van der Waals surface area contributed by atoms with E-state index in [4.69, 9.17) is 10.5 Å². The molecule has 0 radical (unpaired) electrons. The molecule has 0 atom stereocenters. The number of hydrogen-bond donors (Lipinski definition) is 1. The molecule has 0 saturated heterocycles. The van der Waals surface area contributed by atoms with Crippen molar-refractivity contribution < 1.29 is 9.53 Å². The monoisotopic (exact) mass is 219 g/mol. The minimum absolute atomic E-state index is 0.0886. The predicted molar refractivity (Wildman–Crippen MR) is 62.8 cm³/mol. The molecule has 3 heteroatoms. The maximum Gasteiger partial charge on any atom is 0.169 e. The Morgan fingerprint density at radius 1 is 1.44 bits per heavy atom. The largest absolute Gasteiger partial charge is 0.496 e. The standard InChI is InChI=1S/C13H17NO2/c1-8-3-4-12(16-2)11(5-8)13(15)9-6-10(14)7-9/h3-5,9-10H,6-7,14H2,1-2H3. The number of Topliss-reactive ketones (excluding diaryl/α,β-unsaturated/α-hetero) is 1. The van der Waals surface area contributed by atoms with Gasteiger partial charge in [-0.2, -0.15) is 0 Å². The molecule has 0 amide bonds. The SMILES string of the molecule is COc1ccc(C)cc1C(=O)C1CC(N)C1. The third-order valence-electron chi connectivity index (χ3n) is 3.17. The van der Waals surface area contributed by atoms with Crippen LogP contribution >= 0.6 is 0 Å². The molecule has 0 aliphatic heterocycles. The predicted octanol–water partition coefficient (Wildman–Crippen LogP) is 1.92. The van der Waals surface area contributed by atoms with E-state index in [1.165, 1.54) is 0 Å². The number of nitrogens with two attached hydrogens (primary N) is 1. The molecule has 0 spiro atoms. The van der Waals surface area contributed by atoms with Crippen molar-refractivity contribution in [1.82, 2.24) is 0 Å². The Morgan fingerprint density at radius 2 is 2.12 bits per heavy atom. The van der Waals surface area contributed by atoms with Crippen molar-refractivity contribution in [3.8, 4) is 5.75 Å². The number of rotatable bonds is 3. The van der Waals surface area contributed by atoms with Gasteiger partial charge in [0.25, 0.3) is 0 Å². The van der Waals surface area contributed by atoms with Gasteiger partial charge in [-0.15, -0.1) is 0 Å². The van der Waals surface area contributed by atoms with Gasteiger partial charge in [-0.3, -0.25) is 4.79 Å². The van der Waals surface area contributed by atoms with Crippen LogP contribution in [0.1, 0.15) is 28.8 Å². The van der Waals surface area contributed by atoms with Gasteiger partial charge in [0.15, 0.2) is 5.78 Å². The lowest BCUT2D eigenvalue weighted by Gasteiger charge is -2.31. The molecule has 0 aromatic heterocycles. The number of carbonyl (C=O) groups excluding carboxylic acids is 1. The summed E-state index contributed by atoms with van der Waals surface area (Å²) in [5.74, 6) is 0.920. The van der Waals surface area contributed by atoms with Gasteiger partial charge < -0.3 is 10.5 Å². The highest BCUT2D eigenvalue weighted by atomic mass is 16.5. The van der Waals surface area contributed by atoms with Crippen molar-refractivity contribution in [3.05, 3.63) is 29.3 Å². The van der Waals surface area contributed by atoms with Crippen LogP contribution in [-0.4, -0.2) is 18.9 Å². The first-order valence-corrected chi connectivity index (χ1v) is 5.56. The molecule has 2 rings (SSSR count). The van der Waals surface area contributed by atoms with Crippen molar-refractivity contribution in [2.45, 2.75) is 25.8 Å². The van der Waals surface area contributed by atoms with Crippen LogP contribution in [0, 0.1) is 12.8 Å². The van der Waals surface area contributed by atoms with Gasteiger partial charge in [0.1, 0.15) is 5.75 Å². The third kappa shape index (κ3) is 1.95. The summed E-state index contributed by atoms with van der Waals surface area (Å²) >= 11 is 0. The van der Waals surface area contributed by atoms with E-state index in [2.05, 4.69) is 0 Å². The average molecular weight is 219 g/mol. The molecular weight excluding hydrogens is 202 g/mol.